The Morgan fingerprint density at radius 2 is 1.93 bits per heavy atom. The van der Waals surface area contributed by atoms with E-state index in [0.29, 0.717) is 12.6 Å². The summed E-state index contributed by atoms with van der Waals surface area (Å²) in [5, 5.41) is 3.69. The highest BCUT2D eigenvalue weighted by molar-refractivity contribution is 5.78. The molecule has 4 nitrogen and oxygen atoms in total. The highest BCUT2D eigenvalue weighted by Crippen LogP contribution is 2.11. The molecule has 0 aromatic rings. The van der Waals surface area contributed by atoms with Crippen molar-refractivity contribution in [2.75, 3.05) is 34.2 Å². The van der Waals surface area contributed by atoms with Gasteiger partial charge in [0.1, 0.15) is 0 Å². The van der Waals surface area contributed by atoms with Crippen LogP contribution in [0.5, 0.6) is 0 Å². The van der Waals surface area contributed by atoms with Gasteiger partial charge in [0.15, 0.2) is 0 Å². The molecule has 1 saturated heterocycles. The van der Waals surface area contributed by atoms with Gasteiger partial charge >= 0.3 is 0 Å². The number of hydrogen-bond acceptors (Lipinski definition) is 3. The molecule has 0 bridgehead atoms. The zero-order valence-electron chi connectivity index (χ0n) is 10.9. The lowest BCUT2D eigenvalue weighted by Gasteiger charge is -2.41. The average Bonchev–Trinajstić information content (AvgIpc) is 2.20. The number of likely N-dealkylation sites (N-methyl/N-ethyl adjacent to an activating group) is 1. The lowest BCUT2D eigenvalue weighted by atomic mass is 10.1. The number of carbonyl (C=O) groups excluding carboxylic acids is 1. The van der Waals surface area contributed by atoms with Gasteiger partial charge in [0.05, 0.1) is 13.1 Å². The van der Waals surface area contributed by atoms with E-state index < -0.39 is 0 Å². The summed E-state index contributed by atoms with van der Waals surface area (Å²) >= 11 is 0. The van der Waals surface area contributed by atoms with Crippen LogP contribution in [0, 0.1) is 0 Å². The van der Waals surface area contributed by atoms with Crippen LogP contribution in [0.1, 0.15) is 27.2 Å². The van der Waals surface area contributed by atoms with Crippen LogP contribution < -0.4 is 0 Å². The minimum absolute atomic E-state index is 0.192. The Kier molecular flexibility index (Phi) is 6.52. The molecular formula is C11H25N3O. The Balaban J connectivity index is 0.000000921. The maximum absolute atomic E-state index is 11.6. The van der Waals surface area contributed by atoms with Crippen molar-refractivity contribution in [1.29, 1.82) is 0 Å². The molecule has 1 amide bonds. The number of piperazine rings is 1. The van der Waals surface area contributed by atoms with Crippen LogP contribution in [0.25, 0.3) is 0 Å². The zero-order chi connectivity index (χ0) is 12.0. The number of amides is 1. The first-order valence-corrected chi connectivity index (χ1v) is 5.74. The summed E-state index contributed by atoms with van der Waals surface area (Å²) in [5.41, 5.74) is 0. The average molecular weight is 215 g/mol. The van der Waals surface area contributed by atoms with E-state index in [4.69, 9.17) is 0 Å². The summed E-state index contributed by atoms with van der Waals surface area (Å²) in [4.78, 5) is 13.7. The van der Waals surface area contributed by atoms with Crippen LogP contribution in [0.3, 0.4) is 0 Å². The molecule has 1 rings (SSSR count). The van der Waals surface area contributed by atoms with Crippen molar-refractivity contribution in [2.24, 2.45) is 0 Å². The molecule has 0 N–H and O–H groups in total. The third-order valence-electron chi connectivity index (χ3n) is 2.63. The standard InChI is InChI=1S/C9H19N3O.C2H6/c1-5-8-6-12(10(2)3)9(13)7-11(8)4;1-2/h8H,5-7H2,1-4H3;1-2H3. The summed E-state index contributed by atoms with van der Waals surface area (Å²) < 4.78 is 0. The quantitative estimate of drug-likeness (QED) is 0.688. The maximum atomic E-state index is 11.6. The molecule has 1 heterocycles. The Morgan fingerprint density at radius 3 is 2.33 bits per heavy atom. The van der Waals surface area contributed by atoms with Gasteiger partial charge in [-0.3, -0.25) is 14.7 Å². The van der Waals surface area contributed by atoms with Crippen LogP contribution in [-0.2, 0) is 4.79 Å². The van der Waals surface area contributed by atoms with Gasteiger partial charge < -0.3 is 0 Å². The number of hydrogen-bond donors (Lipinski definition) is 0. The first-order chi connectivity index (χ1) is 7.06. The SMILES string of the molecule is CC.CCC1CN(N(C)C)C(=O)CN1C. The van der Waals surface area contributed by atoms with Crippen molar-refractivity contribution in [1.82, 2.24) is 14.9 Å². The third-order valence-corrected chi connectivity index (χ3v) is 2.63. The highest BCUT2D eigenvalue weighted by Gasteiger charge is 2.29. The van der Waals surface area contributed by atoms with E-state index in [0.717, 1.165) is 13.0 Å². The first kappa shape index (κ1) is 14.4. The number of rotatable bonds is 2. The van der Waals surface area contributed by atoms with Crippen LogP contribution >= 0.6 is 0 Å². The van der Waals surface area contributed by atoms with Crippen molar-refractivity contribution in [3.8, 4) is 0 Å². The molecule has 90 valence electrons. The minimum Gasteiger partial charge on any atom is -0.293 e. The van der Waals surface area contributed by atoms with Crippen molar-refractivity contribution in [2.45, 2.75) is 33.2 Å². The van der Waals surface area contributed by atoms with Crippen molar-refractivity contribution < 1.29 is 4.79 Å². The molecule has 0 saturated carbocycles. The van der Waals surface area contributed by atoms with Crippen LogP contribution in [0.2, 0.25) is 0 Å². The van der Waals surface area contributed by atoms with E-state index >= 15 is 0 Å². The van der Waals surface area contributed by atoms with Gasteiger partial charge in [-0.1, -0.05) is 20.8 Å². The molecule has 1 aliphatic rings. The van der Waals surface area contributed by atoms with Crippen molar-refractivity contribution in [3.05, 3.63) is 0 Å². The number of nitrogens with zero attached hydrogens (tertiary/aromatic N) is 3. The first-order valence-electron chi connectivity index (χ1n) is 5.74. The fourth-order valence-electron chi connectivity index (χ4n) is 1.69. The molecular weight excluding hydrogens is 190 g/mol. The lowest BCUT2D eigenvalue weighted by molar-refractivity contribution is -0.154. The predicted octanol–water partition coefficient (Wildman–Crippen LogP) is 1.04. The molecule has 0 spiro atoms. The largest absolute Gasteiger partial charge is 0.293 e. The molecule has 4 heteroatoms. The lowest BCUT2D eigenvalue weighted by Crippen LogP contribution is -2.58. The van der Waals surface area contributed by atoms with E-state index in [1.807, 2.05) is 45.0 Å². The third kappa shape index (κ3) is 3.80. The van der Waals surface area contributed by atoms with Gasteiger partial charge in [-0.15, -0.1) is 0 Å². The topological polar surface area (TPSA) is 26.8 Å². The van der Waals surface area contributed by atoms with Crippen LogP contribution in [-0.4, -0.2) is 61.1 Å². The second-order valence-corrected chi connectivity index (χ2v) is 3.80. The van der Waals surface area contributed by atoms with E-state index in [1.54, 1.807) is 0 Å². The molecule has 1 atom stereocenters. The van der Waals surface area contributed by atoms with E-state index in [9.17, 15) is 4.79 Å². The maximum Gasteiger partial charge on any atom is 0.251 e. The highest BCUT2D eigenvalue weighted by atomic mass is 16.2. The summed E-state index contributed by atoms with van der Waals surface area (Å²) in [5.74, 6) is 0.192. The second-order valence-electron chi connectivity index (χ2n) is 3.80. The Hall–Kier alpha value is -0.610. The molecule has 0 aromatic carbocycles. The smallest absolute Gasteiger partial charge is 0.251 e. The van der Waals surface area contributed by atoms with Gasteiger partial charge in [-0.25, -0.2) is 5.01 Å². The molecule has 0 aromatic heterocycles. The second kappa shape index (κ2) is 6.80. The summed E-state index contributed by atoms with van der Waals surface area (Å²) in [6.45, 7) is 7.51. The molecule has 1 unspecified atom stereocenters. The molecule has 0 aliphatic carbocycles. The van der Waals surface area contributed by atoms with E-state index in [1.165, 1.54) is 0 Å². The molecule has 1 fully saturated rings. The minimum atomic E-state index is 0.192. The van der Waals surface area contributed by atoms with Crippen LogP contribution in [0.15, 0.2) is 0 Å². The number of hydrazine groups is 1. The van der Waals surface area contributed by atoms with Gasteiger partial charge in [0.2, 0.25) is 0 Å². The fourth-order valence-corrected chi connectivity index (χ4v) is 1.69. The monoisotopic (exact) mass is 215 g/mol. The summed E-state index contributed by atoms with van der Waals surface area (Å²) in [7, 11) is 5.84. The van der Waals surface area contributed by atoms with Gasteiger partial charge in [-0.05, 0) is 13.5 Å². The molecule has 15 heavy (non-hydrogen) atoms. The van der Waals surface area contributed by atoms with Crippen molar-refractivity contribution in [3.63, 3.8) is 0 Å². The van der Waals surface area contributed by atoms with Gasteiger partial charge in [0.25, 0.3) is 5.91 Å². The Labute approximate surface area is 93.8 Å². The van der Waals surface area contributed by atoms with E-state index in [-0.39, 0.29) is 5.91 Å². The summed E-state index contributed by atoms with van der Waals surface area (Å²) in [6, 6.07) is 0.500. The predicted molar refractivity (Wildman–Crippen MR) is 63.5 cm³/mol. The fraction of sp³-hybridized carbons (Fsp3) is 0.909. The Morgan fingerprint density at radius 1 is 1.40 bits per heavy atom. The normalized spacial score (nSPS) is 22.7. The Bertz CT molecular complexity index is 194. The van der Waals surface area contributed by atoms with Crippen LogP contribution in [0.4, 0.5) is 0 Å². The van der Waals surface area contributed by atoms with E-state index in [2.05, 4.69) is 11.8 Å². The number of carbonyl (C=O) groups is 1. The molecule has 0 radical (unpaired) electrons. The summed E-state index contributed by atoms with van der Waals surface area (Å²) in [6.07, 6.45) is 1.09. The van der Waals surface area contributed by atoms with Crippen molar-refractivity contribution >= 4 is 5.91 Å². The van der Waals surface area contributed by atoms with Gasteiger partial charge in [-0.2, -0.15) is 0 Å². The molecule has 1 aliphatic heterocycles. The van der Waals surface area contributed by atoms with Gasteiger partial charge in [0, 0.05) is 20.1 Å². The zero-order valence-corrected chi connectivity index (χ0v) is 10.9.